The summed E-state index contributed by atoms with van der Waals surface area (Å²) in [5, 5.41) is 0. The molecule has 0 spiro atoms. The fourth-order valence-electron chi connectivity index (χ4n) is 1.96. The van der Waals surface area contributed by atoms with E-state index in [9.17, 15) is 0 Å². The standard InChI is InChI=1S/C12H18N2O/c1-12(13)7-5-10(6-8-12)15-11-4-2-3-9-14-11/h2-4,9-10H,5-8,13H2,1H3/t10-,12-. The van der Waals surface area contributed by atoms with Crippen LogP contribution in [0.5, 0.6) is 5.88 Å². The first-order valence-electron chi connectivity index (χ1n) is 5.52. The summed E-state index contributed by atoms with van der Waals surface area (Å²) in [4.78, 5) is 4.16. The second-order valence-corrected chi connectivity index (χ2v) is 4.64. The monoisotopic (exact) mass is 206 g/mol. The van der Waals surface area contributed by atoms with Crippen molar-refractivity contribution in [2.24, 2.45) is 5.73 Å². The van der Waals surface area contributed by atoms with E-state index in [0.29, 0.717) is 0 Å². The zero-order valence-corrected chi connectivity index (χ0v) is 9.15. The molecule has 1 heterocycles. The van der Waals surface area contributed by atoms with Crippen molar-refractivity contribution in [2.75, 3.05) is 0 Å². The van der Waals surface area contributed by atoms with Crippen LogP contribution in [0.15, 0.2) is 24.4 Å². The number of hydrogen-bond donors (Lipinski definition) is 1. The van der Waals surface area contributed by atoms with Gasteiger partial charge in [0, 0.05) is 17.8 Å². The first kappa shape index (κ1) is 10.4. The highest BCUT2D eigenvalue weighted by Crippen LogP contribution is 2.27. The van der Waals surface area contributed by atoms with Crippen LogP contribution in [-0.2, 0) is 0 Å². The SMILES string of the molecule is C[C@]1(N)CC[C@H](Oc2ccccn2)CC1. The van der Waals surface area contributed by atoms with Gasteiger partial charge in [-0.1, -0.05) is 6.07 Å². The van der Waals surface area contributed by atoms with E-state index in [1.807, 2.05) is 18.2 Å². The van der Waals surface area contributed by atoms with Crippen molar-refractivity contribution in [1.82, 2.24) is 4.98 Å². The Morgan fingerprint density at radius 3 is 2.73 bits per heavy atom. The van der Waals surface area contributed by atoms with Crippen LogP contribution in [0.4, 0.5) is 0 Å². The maximum atomic E-state index is 6.06. The molecule has 1 fully saturated rings. The molecule has 2 N–H and O–H groups in total. The topological polar surface area (TPSA) is 48.1 Å². The predicted molar refractivity (Wildman–Crippen MR) is 59.7 cm³/mol. The summed E-state index contributed by atoms with van der Waals surface area (Å²) in [6.07, 6.45) is 6.17. The van der Waals surface area contributed by atoms with E-state index < -0.39 is 0 Å². The van der Waals surface area contributed by atoms with Crippen molar-refractivity contribution in [2.45, 2.75) is 44.2 Å². The Kier molecular flexibility index (Phi) is 2.91. The van der Waals surface area contributed by atoms with Gasteiger partial charge >= 0.3 is 0 Å². The van der Waals surface area contributed by atoms with Gasteiger partial charge in [0.05, 0.1) is 0 Å². The zero-order valence-electron chi connectivity index (χ0n) is 9.15. The second-order valence-electron chi connectivity index (χ2n) is 4.64. The Balaban J connectivity index is 1.88. The zero-order chi connectivity index (χ0) is 10.7. The highest BCUT2D eigenvalue weighted by Gasteiger charge is 2.28. The van der Waals surface area contributed by atoms with E-state index in [-0.39, 0.29) is 11.6 Å². The molecule has 0 aliphatic heterocycles. The Hall–Kier alpha value is -1.09. The van der Waals surface area contributed by atoms with E-state index >= 15 is 0 Å². The minimum atomic E-state index is 0.00394. The molecule has 1 aliphatic carbocycles. The van der Waals surface area contributed by atoms with Gasteiger partial charge in [0.15, 0.2) is 0 Å². The molecule has 0 atom stereocenters. The molecular formula is C12H18N2O. The molecule has 0 radical (unpaired) electrons. The van der Waals surface area contributed by atoms with Gasteiger partial charge in [0.2, 0.25) is 5.88 Å². The van der Waals surface area contributed by atoms with Crippen molar-refractivity contribution in [1.29, 1.82) is 0 Å². The molecular weight excluding hydrogens is 188 g/mol. The van der Waals surface area contributed by atoms with Gasteiger partial charge in [-0.3, -0.25) is 0 Å². The Bertz CT molecular complexity index is 301. The van der Waals surface area contributed by atoms with E-state index in [2.05, 4.69) is 11.9 Å². The van der Waals surface area contributed by atoms with E-state index in [1.165, 1.54) is 0 Å². The molecule has 1 aromatic heterocycles. The number of nitrogens with two attached hydrogens (primary N) is 1. The van der Waals surface area contributed by atoms with Crippen LogP contribution in [0.2, 0.25) is 0 Å². The average molecular weight is 206 g/mol. The third-order valence-electron chi connectivity index (χ3n) is 3.00. The Morgan fingerprint density at radius 2 is 2.13 bits per heavy atom. The lowest BCUT2D eigenvalue weighted by Gasteiger charge is -2.33. The van der Waals surface area contributed by atoms with Gasteiger partial charge in [-0.15, -0.1) is 0 Å². The van der Waals surface area contributed by atoms with Gasteiger partial charge in [0.1, 0.15) is 6.10 Å². The number of nitrogens with zero attached hydrogens (tertiary/aromatic N) is 1. The normalized spacial score (nSPS) is 31.2. The molecule has 1 saturated carbocycles. The molecule has 0 aromatic carbocycles. The smallest absolute Gasteiger partial charge is 0.213 e. The minimum absolute atomic E-state index is 0.00394. The average Bonchev–Trinajstić information content (AvgIpc) is 2.23. The van der Waals surface area contributed by atoms with Crippen LogP contribution in [0.25, 0.3) is 0 Å². The molecule has 1 aliphatic rings. The van der Waals surface area contributed by atoms with Crippen LogP contribution < -0.4 is 10.5 Å². The highest BCUT2D eigenvalue weighted by atomic mass is 16.5. The summed E-state index contributed by atoms with van der Waals surface area (Å²) in [7, 11) is 0. The van der Waals surface area contributed by atoms with E-state index in [4.69, 9.17) is 10.5 Å². The van der Waals surface area contributed by atoms with Crippen LogP contribution >= 0.6 is 0 Å². The Labute approximate surface area is 90.7 Å². The fourth-order valence-corrected chi connectivity index (χ4v) is 1.96. The van der Waals surface area contributed by atoms with Crippen molar-refractivity contribution in [3.63, 3.8) is 0 Å². The van der Waals surface area contributed by atoms with E-state index in [1.54, 1.807) is 6.20 Å². The molecule has 15 heavy (non-hydrogen) atoms. The van der Waals surface area contributed by atoms with Gasteiger partial charge in [-0.2, -0.15) is 0 Å². The number of rotatable bonds is 2. The first-order valence-corrected chi connectivity index (χ1v) is 5.52. The third kappa shape index (κ3) is 2.93. The molecule has 0 bridgehead atoms. The van der Waals surface area contributed by atoms with Crippen molar-refractivity contribution >= 4 is 0 Å². The third-order valence-corrected chi connectivity index (χ3v) is 3.00. The lowest BCUT2D eigenvalue weighted by molar-refractivity contribution is 0.119. The molecule has 3 nitrogen and oxygen atoms in total. The number of pyridine rings is 1. The fraction of sp³-hybridized carbons (Fsp3) is 0.583. The maximum absolute atomic E-state index is 6.06. The van der Waals surface area contributed by atoms with Crippen LogP contribution in [0.1, 0.15) is 32.6 Å². The van der Waals surface area contributed by atoms with Gasteiger partial charge in [-0.05, 0) is 38.7 Å². The lowest BCUT2D eigenvalue weighted by atomic mass is 9.83. The molecule has 3 heteroatoms. The number of hydrogen-bond acceptors (Lipinski definition) is 3. The van der Waals surface area contributed by atoms with Crippen LogP contribution in [-0.4, -0.2) is 16.6 Å². The molecule has 0 saturated heterocycles. The summed E-state index contributed by atoms with van der Waals surface area (Å²) >= 11 is 0. The van der Waals surface area contributed by atoms with Gasteiger partial charge in [-0.25, -0.2) is 4.98 Å². The summed E-state index contributed by atoms with van der Waals surface area (Å²) in [6.45, 7) is 2.12. The predicted octanol–water partition coefficient (Wildman–Crippen LogP) is 2.12. The Morgan fingerprint density at radius 1 is 1.40 bits per heavy atom. The highest BCUT2D eigenvalue weighted by molar-refractivity contribution is 5.09. The minimum Gasteiger partial charge on any atom is -0.474 e. The summed E-state index contributed by atoms with van der Waals surface area (Å²) in [6, 6.07) is 5.74. The quantitative estimate of drug-likeness (QED) is 0.806. The summed E-state index contributed by atoms with van der Waals surface area (Å²) < 4.78 is 5.78. The molecule has 82 valence electrons. The van der Waals surface area contributed by atoms with Crippen molar-refractivity contribution in [3.8, 4) is 5.88 Å². The van der Waals surface area contributed by atoms with Crippen LogP contribution in [0, 0.1) is 0 Å². The largest absolute Gasteiger partial charge is 0.474 e. The number of aromatic nitrogens is 1. The van der Waals surface area contributed by atoms with Crippen molar-refractivity contribution < 1.29 is 4.74 Å². The molecule has 0 unspecified atom stereocenters. The van der Waals surface area contributed by atoms with Gasteiger partial charge < -0.3 is 10.5 Å². The maximum Gasteiger partial charge on any atom is 0.213 e. The van der Waals surface area contributed by atoms with E-state index in [0.717, 1.165) is 31.6 Å². The first-order chi connectivity index (χ1) is 7.16. The molecule has 0 amide bonds. The summed E-state index contributed by atoms with van der Waals surface area (Å²) in [5.41, 5.74) is 6.07. The molecule has 1 aromatic rings. The summed E-state index contributed by atoms with van der Waals surface area (Å²) in [5.74, 6) is 0.725. The second kappa shape index (κ2) is 4.19. The number of ether oxygens (including phenoxy) is 1. The van der Waals surface area contributed by atoms with Crippen LogP contribution in [0.3, 0.4) is 0 Å². The van der Waals surface area contributed by atoms with Gasteiger partial charge in [0.25, 0.3) is 0 Å². The van der Waals surface area contributed by atoms with Crippen molar-refractivity contribution in [3.05, 3.63) is 24.4 Å². The molecule has 2 rings (SSSR count). The lowest BCUT2D eigenvalue weighted by Crippen LogP contribution is -2.42.